The molecule has 3 saturated heterocycles. The van der Waals surface area contributed by atoms with Gasteiger partial charge in [-0.1, -0.05) is 32.6 Å². The number of rotatable bonds is 12. The molecule has 3 heterocycles. The van der Waals surface area contributed by atoms with Crippen LogP contribution in [0, 0.1) is 63.6 Å². The highest BCUT2D eigenvalue weighted by Gasteiger charge is 2.66. The minimum atomic E-state index is -5.86. The topological polar surface area (TPSA) is 170 Å². The molecule has 74 heavy (non-hydrogen) atoms. The average Bonchev–Trinajstić information content (AvgIpc) is 3.50. The summed E-state index contributed by atoms with van der Waals surface area (Å²) < 4.78 is 214. The number of carbonyl (C=O) groups excluding carboxylic acids is 3. The SMILES string of the molecule is CC1CC2CC(C(=O)OCC3(COC(=O)C45CCCC(CC(C6OCC(F)(F)C(F)(F)CO6)C4)C5)CSC(C4CC5CCCC(C(=O)OCC(F)(F)S(=O)(=O)O)(C5)C4)SC3)CC(C2)C12OCC(F)(F)C(F)(F)CO2. The van der Waals surface area contributed by atoms with Gasteiger partial charge in [0.05, 0.1) is 26.7 Å². The molecule has 1 N–H and O–H groups in total. The number of thioether (sulfide) groups is 2. The zero-order chi connectivity index (χ0) is 53.5. The lowest BCUT2D eigenvalue weighted by molar-refractivity contribution is -0.315. The Balaban J connectivity index is 0.907. The van der Waals surface area contributed by atoms with Crippen LogP contribution in [-0.2, 0) is 57.7 Å². The van der Waals surface area contributed by atoms with E-state index in [1.165, 1.54) is 23.5 Å². The molecule has 9 fully saturated rings. The maximum absolute atomic E-state index is 14.6. The van der Waals surface area contributed by atoms with Crippen molar-refractivity contribution in [3.8, 4) is 0 Å². The molecule has 1 spiro atoms. The first kappa shape index (κ1) is 56.9. The van der Waals surface area contributed by atoms with Crippen LogP contribution in [0.15, 0.2) is 0 Å². The van der Waals surface area contributed by atoms with Crippen LogP contribution < -0.4 is 0 Å². The fraction of sp³-hybridized carbons (Fsp3) is 0.938. The molecule has 6 bridgehead atoms. The Bertz CT molecular complexity index is 2180. The molecule has 6 aliphatic carbocycles. The Morgan fingerprint density at radius 1 is 0.649 bits per heavy atom. The number of fused-ring (bicyclic) bond motifs is 7. The quantitative estimate of drug-likeness (QED) is 0.0847. The van der Waals surface area contributed by atoms with Gasteiger partial charge in [-0.25, -0.2) is 0 Å². The van der Waals surface area contributed by atoms with Crippen LogP contribution in [0.5, 0.6) is 0 Å². The summed E-state index contributed by atoms with van der Waals surface area (Å²) in [4.78, 5) is 42.4. The minimum Gasteiger partial charge on any atom is -0.465 e. The van der Waals surface area contributed by atoms with Crippen molar-refractivity contribution in [2.75, 3.05) is 57.8 Å². The molecular formula is C48H64F10O13S3. The highest BCUT2D eigenvalue weighted by atomic mass is 32.2. The highest BCUT2D eigenvalue weighted by molar-refractivity contribution is 8.17. The molecule has 0 radical (unpaired) electrons. The van der Waals surface area contributed by atoms with Gasteiger partial charge in [0.15, 0.2) is 18.7 Å². The molecule has 0 aromatic carbocycles. The van der Waals surface area contributed by atoms with Gasteiger partial charge in [0.25, 0.3) is 0 Å². The molecular weight excluding hydrogens is 1070 g/mol. The van der Waals surface area contributed by atoms with Crippen LogP contribution in [0.1, 0.15) is 110 Å². The molecule has 0 aromatic heterocycles. The Labute approximate surface area is 431 Å². The molecule has 26 heteroatoms. The lowest BCUT2D eigenvalue weighted by Crippen LogP contribution is -2.56. The van der Waals surface area contributed by atoms with Gasteiger partial charge in [-0.05, 0) is 101 Å². The standard InChI is InChI=1S/C48H64F10O13S3/c1-27-8-30-11-31(13-34(12-30)48(27)70-22-45(53,54)46(55,56)23-71-48)35(59)65-18-40(19-68-38(60)41-6-2-4-28(14-41)9-32(16-41)36-66-20-43(49,50)44(51,52)21-67-36)25-72-37(73-26-40)33-10-29-5-3-7-42(15-29,17-33)39(61)69-24-47(57,58)74(62,63)64/h27-34,36-37H,2-26H2,1H3,(H,62,63,64). The molecule has 3 aliphatic heterocycles. The largest absolute Gasteiger partial charge is 0.465 e. The van der Waals surface area contributed by atoms with Gasteiger partial charge in [-0.2, -0.15) is 52.3 Å². The number of hydrogen-bond acceptors (Lipinski definition) is 14. The Kier molecular flexibility index (Phi) is 15.6. The van der Waals surface area contributed by atoms with E-state index in [1.807, 2.05) is 0 Å². The summed E-state index contributed by atoms with van der Waals surface area (Å²) in [5.41, 5.74) is -3.37. The van der Waals surface area contributed by atoms with Crippen molar-refractivity contribution in [1.82, 2.24) is 0 Å². The maximum atomic E-state index is 14.6. The van der Waals surface area contributed by atoms with Crippen molar-refractivity contribution in [2.24, 2.45) is 63.6 Å². The number of ether oxygens (including phenoxy) is 7. The second-order valence-electron chi connectivity index (χ2n) is 23.5. The third-order valence-corrected chi connectivity index (χ3v) is 22.6. The number of esters is 3. The van der Waals surface area contributed by atoms with Crippen molar-refractivity contribution in [2.45, 2.75) is 155 Å². The Morgan fingerprint density at radius 3 is 1.73 bits per heavy atom. The summed E-state index contributed by atoms with van der Waals surface area (Å²) in [6, 6.07) is 0. The summed E-state index contributed by atoms with van der Waals surface area (Å²) in [5, 5.41) is -4.71. The van der Waals surface area contributed by atoms with E-state index in [9.17, 15) is 66.7 Å². The Morgan fingerprint density at radius 2 is 1.16 bits per heavy atom. The van der Waals surface area contributed by atoms with Gasteiger partial charge in [0.1, 0.15) is 39.6 Å². The summed E-state index contributed by atoms with van der Waals surface area (Å²) in [6.45, 7) is -6.94. The van der Waals surface area contributed by atoms with Crippen molar-refractivity contribution in [1.29, 1.82) is 0 Å². The summed E-state index contributed by atoms with van der Waals surface area (Å²) >= 11 is 2.95. The molecule has 9 rings (SSSR count). The second-order valence-corrected chi connectivity index (χ2v) is 27.6. The van der Waals surface area contributed by atoms with E-state index in [0.717, 1.165) is 6.42 Å². The van der Waals surface area contributed by atoms with Crippen molar-refractivity contribution in [3.05, 3.63) is 0 Å². The predicted octanol–water partition coefficient (Wildman–Crippen LogP) is 9.79. The van der Waals surface area contributed by atoms with Crippen LogP contribution in [0.25, 0.3) is 0 Å². The van der Waals surface area contributed by atoms with Gasteiger partial charge in [-0.15, -0.1) is 23.5 Å². The zero-order valence-electron chi connectivity index (χ0n) is 40.8. The first-order valence-corrected chi connectivity index (χ1v) is 29.1. The summed E-state index contributed by atoms with van der Waals surface area (Å²) in [5.74, 6) is -24.5. The van der Waals surface area contributed by atoms with E-state index < -0.39 is 142 Å². The van der Waals surface area contributed by atoms with Gasteiger partial charge < -0.3 is 33.2 Å². The summed E-state index contributed by atoms with van der Waals surface area (Å²) in [7, 11) is -5.86. The van der Waals surface area contributed by atoms with Gasteiger partial charge in [0.2, 0.25) is 0 Å². The molecule has 10 atom stereocenters. The van der Waals surface area contributed by atoms with Crippen molar-refractivity contribution >= 4 is 51.5 Å². The van der Waals surface area contributed by atoms with E-state index >= 15 is 0 Å². The van der Waals surface area contributed by atoms with Crippen molar-refractivity contribution < 1.29 is 104 Å². The molecule has 422 valence electrons. The normalized spacial score (nSPS) is 40.7. The van der Waals surface area contributed by atoms with E-state index in [4.69, 9.17) is 37.7 Å². The van der Waals surface area contributed by atoms with E-state index in [2.05, 4.69) is 0 Å². The summed E-state index contributed by atoms with van der Waals surface area (Å²) in [6.07, 6.45) is 5.20. The fourth-order valence-corrected chi connectivity index (χ4v) is 17.9. The molecule has 13 nitrogen and oxygen atoms in total. The predicted molar refractivity (Wildman–Crippen MR) is 243 cm³/mol. The average molecular weight is 1140 g/mol. The van der Waals surface area contributed by atoms with Crippen LogP contribution in [0.4, 0.5) is 43.9 Å². The molecule has 6 saturated carbocycles. The number of carbonyl (C=O) groups is 3. The molecule has 10 unspecified atom stereocenters. The van der Waals surface area contributed by atoms with Crippen molar-refractivity contribution in [3.63, 3.8) is 0 Å². The van der Waals surface area contributed by atoms with Crippen LogP contribution in [0.2, 0.25) is 0 Å². The Hall–Kier alpha value is -1.84. The van der Waals surface area contributed by atoms with Crippen LogP contribution in [-0.4, -0.2) is 134 Å². The van der Waals surface area contributed by atoms with Gasteiger partial charge in [-0.3, -0.25) is 18.9 Å². The maximum Gasteiger partial charge on any atom is 0.402 e. The van der Waals surface area contributed by atoms with E-state index in [1.54, 1.807) is 6.92 Å². The molecule has 0 amide bonds. The highest BCUT2D eigenvalue weighted by Crippen LogP contribution is 2.59. The van der Waals surface area contributed by atoms with Gasteiger partial charge in [0, 0.05) is 29.3 Å². The number of alkyl halides is 10. The first-order chi connectivity index (χ1) is 34.4. The fourth-order valence-electron chi connectivity index (χ4n) is 14.2. The third kappa shape index (κ3) is 10.9. The molecule has 9 aliphatic rings. The number of hydrogen-bond donors (Lipinski definition) is 1. The van der Waals surface area contributed by atoms with Crippen LogP contribution >= 0.6 is 23.5 Å². The smallest absolute Gasteiger partial charge is 0.402 e. The van der Waals surface area contributed by atoms with E-state index in [-0.39, 0.29) is 72.2 Å². The third-order valence-electron chi connectivity index (χ3n) is 18.0. The molecule has 0 aromatic rings. The van der Waals surface area contributed by atoms with Gasteiger partial charge >= 0.3 is 57.0 Å². The van der Waals surface area contributed by atoms with Crippen LogP contribution in [0.3, 0.4) is 0 Å². The number of halogens is 10. The zero-order valence-corrected chi connectivity index (χ0v) is 43.3. The minimum absolute atomic E-state index is 0.0190. The lowest BCUT2D eigenvalue weighted by Gasteiger charge is -2.53. The second kappa shape index (κ2) is 20.4. The monoisotopic (exact) mass is 1130 g/mol. The first-order valence-electron chi connectivity index (χ1n) is 25.5. The van der Waals surface area contributed by atoms with E-state index in [0.29, 0.717) is 77.0 Å². The lowest BCUT2D eigenvalue weighted by atomic mass is 9.58.